The third kappa shape index (κ3) is 1.88. The molecule has 0 fully saturated rings. The van der Waals surface area contributed by atoms with Gasteiger partial charge in [-0.05, 0) is 17.9 Å². The standard InChI is InChI=1S/C16H16N4O/c1-10-7-12-14(13(21)8-10)15(11-5-3-2-4-6-11)20-16(19-12)17-9-18-20/h2-6,9-10,15H,7-8H2,1H3,(H,17,18,19)/t10-,15+/m1/s1. The van der Waals surface area contributed by atoms with Crippen LogP contribution < -0.4 is 5.32 Å². The quantitative estimate of drug-likeness (QED) is 0.872. The minimum atomic E-state index is -0.167. The number of allylic oxidation sites excluding steroid dienone is 2. The summed E-state index contributed by atoms with van der Waals surface area (Å²) in [5.41, 5.74) is 2.92. The van der Waals surface area contributed by atoms with E-state index >= 15 is 0 Å². The van der Waals surface area contributed by atoms with Crippen molar-refractivity contribution in [1.29, 1.82) is 0 Å². The summed E-state index contributed by atoms with van der Waals surface area (Å²) in [7, 11) is 0. The van der Waals surface area contributed by atoms with E-state index in [1.165, 1.54) is 6.33 Å². The fourth-order valence-corrected chi connectivity index (χ4v) is 3.29. The highest BCUT2D eigenvalue weighted by Gasteiger charge is 2.37. The monoisotopic (exact) mass is 280 g/mol. The minimum absolute atomic E-state index is 0.167. The van der Waals surface area contributed by atoms with Crippen LogP contribution in [0.2, 0.25) is 0 Å². The zero-order valence-electron chi connectivity index (χ0n) is 11.8. The summed E-state index contributed by atoms with van der Waals surface area (Å²) in [5, 5.41) is 7.60. The Bertz CT molecular complexity index is 732. The summed E-state index contributed by atoms with van der Waals surface area (Å²) >= 11 is 0. The van der Waals surface area contributed by atoms with Crippen LogP contribution >= 0.6 is 0 Å². The summed E-state index contributed by atoms with van der Waals surface area (Å²) in [6, 6.07) is 9.87. The molecular weight excluding hydrogens is 264 g/mol. The second kappa shape index (κ2) is 4.55. The number of Topliss-reactive ketones (excluding diaryl/α,β-unsaturated/α-hetero) is 1. The van der Waals surface area contributed by atoms with Crippen LogP contribution in [0.1, 0.15) is 31.4 Å². The number of carbonyl (C=O) groups is 1. The zero-order chi connectivity index (χ0) is 14.4. The molecule has 0 saturated carbocycles. The summed E-state index contributed by atoms with van der Waals surface area (Å²) < 4.78 is 1.81. The molecule has 4 rings (SSSR count). The van der Waals surface area contributed by atoms with E-state index in [1.807, 2.05) is 35.0 Å². The molecular formula is C16H16N4O. The molecule has 5 nitrogen and oxygen atoms in total. The van der Waals surface area contributed by atoms with Crippen molar-refractivity contribution in [1.82, 2.24) is 14.8 Å². The molecule has 0 bridgehead atoms. The summed E-state index contributed by atoms with van der Waals surface area (Å²) in [4.78, 5) is 16.9. The van der Waals surface area contributed by atoms with Gasteiger partial charge < -0.3 is 5.32 Å². The topological polar surface area (TPSA) is 59.8 Å². The molecule has 1 N–H and O–H groups in total. The van der Waals surface area contributed by atoms with Crippen LogP contribution in [0.5, 0.6) is 0 Å². The molecule has 1 aliphatic carbocycles. The number of ketones is 1. The second-order valence-electron chi connectivity index (χ2n) is 5.80. The van der Waals surface area contributed by atoms with E-state index < -0.39 is 0 Å². The maximum atomic E-state index is 12.6. The van der Waals surface area contributed by atoms with Crippen LogP contribution in [-0.4, -0.2) is 20.5 Å². The van der Waals surface area contributed by atoms with Gasteiger partial charge in [-0.2, -0.15) is 10.1 Å². The van der Waals surface area contributed by atoms with Gasteiger partial charge in [-0.15, -0.1) is 0 Å². The highest BCUT2D eigenvalue weighted by atomic mass is 16.1. The van der Waals surface area contributed by atoms with Gasteiger partial charge in [-0.1, -0.05) is 37.3 Å². The van der Waals surface area contributed by atoms with Gasteiger partial charge in [0, 0.05) is 17.7 Å². The molecule has 2 aliphatic rings. The Labute approximate surface area is 122 Å². The van der Waals surface area contributed by atoms with Crippen molar-refractivity contribution in [2.75, 3.05) is 5.32 Å². The lowest BCUT2D eigenvalue weighted by Crippen LogP contribution is -2.33. The van der Waals surface area contributed by atoms with Crippen molar-refractivity contribution in [2.45, 2.75) is 25.8 Å². The first-order valence-electron chi connectivity index (χ1n) is 7.21. The van der Waals surface area contributed by atoms with Gasteiger partial charge in [0.05, 0.1) is 0 Å². The Hall–Kier alpha value is -2.43. The van der Waals surface area contributed by atoms with Crippen LogP contribution in [0.4, 0.5) is 5.95 Å². The Morgan fingerprint density at radius 3 is 2.86 bits per heavy atom. The van der Waals surface area contributed by atoms with E-state index in [2.05, 4.69) is 22.3 Å². The summed E-state index contributed by atoms with van der Waals surface area (Å²) in [6.45, 7) is 2.11. The van der Waals surface area contributed by atoms with Crippen LogP contribution in [-0.2, 0) is 4.79 Å². The van der Waals surface area contributed by atoms with Crippen LogP contribution in [0.25, 0.3) is 0 Å². The molecule has 1 aliphatic heterocycles. The first-order chi connectivity index (χ1) is 10.2. The van der Waals surface area contributed by atoms with E-state index in [0.717, 1.165) is 23.3 Å². The van der Waals surface area contributed by atoms with Gasteiger partial charge in [0.2, 0.25) is 5.95 Å². The molecule has 1 aromatic heterocycles. The Kier molecular flexibility index (Phi) is 2.67. The van der Waals surface area contributed by atoms with E-state index in [1.54, 1.807) is 0 Å². The van der Waals surface area contributed by atoms with Gasteiger partial charge >= 0.3 is 0 Å². The second-order valence-corrected chi connectivity index (χ2v) is 5.80. The van der Waals surface area contributed by atoms with Crippen molar-refractivity contribution in [3.63, 3.8) is 0 Å². The molecule has 2 aromatic rings. The molecule has 0 radical (unpaired) electrons. The fraction of sp³-hybridized carbons (Fsp3) is 0.312. The lowest BCUT2D eigenvalue weighted by molar-refractivity contribution is -0.117. The summed E-state index contributed by atoms with van der Waals surface area (Å²) in [5.74, 6) is 1.30. The van der Waals surface area contributed by atoms with Gasteiger partial charge in [0.25, 0.3) is 0 Å². The van der Waals surface area contributed by atoms with Gasteiger partial charge in [-0.25, -0.2) is 4.68 Å². The van der Waals surface area contributed by atoms with E-state index in [-0.39, 0.29) is 11.8 Å². The molecule has 0 amide bonds. The van der Waals surface area contributed by atoms with E-state index in [0.29, 0.717) is 18.3 Å². The van der Waals surface area contributed by atoms with Crippen LogP contribution in [0.3, 0.4) is 0 Å². The van der Waals surface area contributed by atoms with Gasteiger partial charge in [0.1, 0.15) is 12.4 Å². The molecule has 106 valence electrons. The average Bonchev–Trinajstić information content (AvgIpc) is 2.93. The third-order valence-corrected chi connectivity index (χ3v) is 4.18. The minimum Gasteiger partial charge on any atom is -0.328 e. The van der Waals surface area contributed by atoms with Gasteiger partial charge in [0.15, 0.2) is 5.78 Å². The van der Waals surface area contributed by atoms with Crippen molar-refractivity contribution < 1.29 is 4.79 Å². The Balaban J connectivity index is 1.91. The van der Waals surface area contributed by atoms with E-state index in [4.69, 9.17) is 0 Å². The van der Waals surface area contributed by atoms with Crippen molar-refractivity contribution >= 4 is 11.7 Å². The first kappa shape index (κ1) is 12.3. The van der Waals surface area contributed by atoms with Gasteiger partial charge in [-0.3, -0.25) is 4.79 Å². The number of nitrogens with zero attached hydrogens (tertiary/aromatic N) is 3. The number of hydrogen-bond acceptors (Lipinski definition) is 4. The zero-order valence-corrected chi connectivity index (χ0v) is 11.8. The van der Waals surface area contributed by atoms with Crippen molar-refractivity contribution in [2.24, 2.45) is 5.92 Å². The highest BCUT2D eigenvalue weighted by Crippen LogP contribution is 2.40. The lowest BCUT2D eigenvalue weighted by atomic mass is 9.81. The molecule has 0 spiro atoms. The lowest BCUT2D eigenvalue weighted by Gasteiger charge is -2.34. The molecule has 21 heavy (non-hydrogen) atoms. The van der Waals surface area contributed by atoms with Crippen LogP contribution in [0.15, 0.2) is 47.9 Å². The summed E-state index contributed by atoms with van der Waals surface area (Å²) in [6.07, 6.45) is 3.02. The van der Waals surface area contributed by atoms with Crippen molar-refractivity contribution in [3.8, 4) is 0 Å². The maximum absolute atomic E-state index is 12.6. The normalized spacial score (nSPS) is 24.3. The van der Waals surface area contributed by atoms with E-state index in [9.17, 15) is 4.79 Å². The molecule has 1 aromatic carbocycles. The average molecular weight is 280 g/mol. The Morgan fingerprint density at radius 2 is 2.05 bits per heavy atom. The number of fused-ring (bicyclic) bond motifs is 1. The fourth-order valence-electron chi connectivity index (χ4n) is 3.29. The number of carbonyl (C=O) groups excluding carboxylic acids is 1. The third-order valence-electron chi connectivity index (χ3n) is 4.18. The largest absolute Gasteiger partial charge is 0.328 e. The number of rotatable bonds is 1. The predicted octanol–water partition coefficient (Wildman–Crippen LogP) is 2.55. The number of nitrogens with one attached hydrogen (secondary N) is 1. The molecule has 0 saturated heterocycles. The molecule has 0 unspecified atom stereocenters. The molecule has 2 heterocycles. The first-order valence-corrected chi connectivity index (χ1v) is 7.21. The number of benzene rings is 1. The Morgan fingerprint density at radius 1 is 1.24 bits per heavy atom. The van der Waals surface area contributed by atoms with Crippen LogP contribution in [0, 0.1) is 5.92 Å². The number of hydrogen-bond donors (Lipinski definition) is 1. The SMILES string of the molecule is C[C@H]1CC(=O)C2=C(C1)Nc1ncnn1[C@H]2c1ccccc1. The number of anilines is 1. The smallest absolute Gasteiger partial charge is 0.226 e. The van der Waals surface area contributed by atoms with Crippen molar-refractivity contribution in [3.05, 3.63) is 53.5 Å². The predicted molar refractivity (Wildman–Crippen MR) is 78.7 cm³/mol. The molecule has 5 heteroatoms. The maximum Gasteiger partial charge on any atom is 0.226 e. The molecule has 2 atom stereocenters. The highest BCUT2D eigenvalue weighted by molar-refractivity contribution is 5.99. The number of aromatic nitrogens is 3.